The molecule has 0 aliphatic rings. The van der Waals surface area contributed by atoms with Crippen LogP contribution in [0.4, 0.5) is 8.78 Å². The van der Waals surface area contributed by atoms with Crippen molar-refractivity contribution < 1.29 is 26.8 Å². The topological polar surface area (TPSA) is 118 Å². The molecular weight excluding hydrogens is 416 g/mol. The molecule has 0 saturated heterocycles. The minimum Gasteiger partial charge on any atom is -0.369 e. The van der Waals surface area contributed by atoms with Crippen molar-refractivity contribution in [2.75, 3.05) is 13.1 Å². The van der Waals surface area contributed by atoms with E-state index in [1.165, 1.54) is 30.3 Å². The number of carbonyl (C=O) groups excluding carboxylic acids is 2. The maximum absolute atomic E-state index is 14.0. The van der Waals surface area contributed by atoms with E-state index in [-0.39, 0.29) is 25.1 Å². The number of rotatable bonds is 10. The zero-order chi connectivity index (χ0) is 22.3. The van der Waals surface area contributed by atoms with Crippen molar-refractivity contribution in [2.24, 2.45) is 11.7 Å². The van der Waals surface area contributed by atoms with Gasteiger partial charge in [0, 0.05) is 18.7 Å². The van der Waals surface area contributed by atoms with Gasteiger partial charge in [0.25, 0.3) is 5.91 Å². The lowest BCUT2D eigenvalue weighted by atomic mass is 9.98. The first-order valence-corrected chi connectivity index (χ1v) is 10.3. The highest BCUT2D eigenvalue weighted by Crippen LogP contribution is 2.17. The van der Waals surface area contributed by atoms with Crippen molar-refractivity contribution in [2.45, 2.75) is 11.3 Å². The standard InChI is InChI=1S/C20H21F2N3O4S/c1-2-9-25-30(28,29)18-11-14(5-8-17(18)22)20(27)24-12-15(19(23)26)10-13-3-6-16(21)7-4-13/h2-8,11,15,25H,1,9-10,12H2,(H2,23,26)(H,24,27). The van der Waals surface area contributed by atoms with E-state index in [0.29, 0.717) is 5.56 Å². The van der Waals surface area contributed by atoms with Crippen molar-refractivity contribution in [3.63, 3.8) is 0 Å². The highest BCUT2D eigenvalue weighted by molar-refractivity contribution is 7.89. The van der Waals surface area contributed by atoms with Crippen molar-refractivity contribution in [3.8, 4) is 0 Å². The quantitative estimate of drug-likeness (QED) is 0.488. The van der Waals surface area contributed by atoms with E-state index in [9.17, 15) is 26.8 Å². The van der Waals surface area contributed by atoms with Crippen LogP contribution in [0.1, 0.15) is 15.9 Å². The molecule has 0 radical (unpaired) electrons. The zero-order valence-electron chi connectivity index (χ0n) is 15.9. The molecule has 4 N–H and O–H groups in total. The fourth-order valence-corrected chi connectivity index (χ4v) is 3.69. The minimum absolute atomic E-state index is 0.109. The number of hydrogen-bond donors (Lipinski definition) is 3. The molecule has 10 heteroatoms. The number of hydrogen-bond acceptors (Lipinski definition) is 4. The average Bonchev–Trinajstić information content (AvgIpc) is 2.70. The van der Waals surface area contributed by atoms with Crippen molar-refractivity contribution >= 4 is 21.8 Å². The first kappa shape index (κ1) is 23.2. The largest absolute Gasteiger partial charge is 0.369 e. The van der Waals surface area contributed by atoms with Gasteiger partial charge in [0.1, 0.15) is 16.5 Å². The van der Waals surface area contributed by atoms with Crippen LogP contribution in [0.3, 0.4) is 0 Å². The molecule has 0 aromatic heterocycles. The van der Waals surface area contributed by atoms with Crippen LogP contribution < -0.4 is 15.8 Å². The summed E-state index contributed by atoms with van der Waals surface area (Å²) in [4.78, 5) is 23.4. The molecule has 7 nitrogen and oxygen atoms in total. The monoisotopic (exact) mass is 437 g/mol. The predicted molar refractivity (Wildman–Crippen MR) is 107 cm³/mol. The van der Waals surface area contributed by atoms with E-state index in [0.717, 1.165) is 18.2 Å². The van der Waals surface area contributed by atoms with E-state index >= 15 is 0 Å². The minimum atomic E-state index is -4.18. The smallest absolute Gasteiger partial charge is 0.251 e. The summed E-state index contributed by atoms with van der Waals surface area (Å²) in [6.07, 6.45) is 1.46. The third-order valence-corrected chi connectivity index (χ3v) is 5.65. The molecule has 0 bridgehead atoms. The summed E-state index contributed by atoms with van der Waals surface area (Å²) < 4.78 is 53.4. The van der Waals surface area contributed by atoms with E-state index in [2.05, 4.69) is 16.6 Å². The van der Waals surface area contributed by atoms with Gasteiger partial charge in [-0.1, -0.05) is 18.2 Å². The lowest BCUT2D eigenvalue weighted by Gasteiger charge is -2.15. The second-order valence-corrected chi connectivity index (χ2v) is 8.16. The first-order chi connectivity index (χ1) is 14.1. The van der Waals surface area contributed by atoms with Gasteiger partial charge in [-0.3, -0.25) is 9.59 Å². The Balaban J connectivity index is 2.12. The molecule has 0 spiro atoms. The lowest BCUT2D eigenvalue weighted by molar-refractivity contribution is -0.121. The van der Waals surface area contributed by atoms with Crippen LogP contribution in [-0.2, 0) is 21.2 Å². The number of nitrogens with two attached hydrogens (primary N) is 1. The van der Waals surface area contributed by atoms with Gasteiger partial charge in [-0.05, 0) is 42.3 Å². The summed E-state index contributed by atoms with van der Waals surface area (Å²) in [6, 6.07) is 8.37. The number of nitrogens with one attached hydrogen (secondary N) is 2. The van der Waals surface area contributed by atoms with Gasteiger partial charge in [0.05, 0.1) is 5.92 Å². The maximum atomic E-state index is 14.0. The predicted octanol–water partition coefficient (Wildman–Crippen LogP) is 1.50. The van der Waals surface area contributed by atoms with Crippen LogP contribution in [0.15, 0.2) is 60.0 Å². The molecule has 2 aromatic carbocycles. The maximum Gasteiger partial charge on any atom is 0.251 e. The molecule has 1 atom stereocenters. The van der Waals surface area contributed by atoms with Crippen molar-refractivity contribution in [1.82, 2.24) is 10.0 Å². The normalized spacial score (nSPS) is 12.2. The van der Waals surface area contributed by atoms with E-state index in [1.807, 2.05) is 0 Å². The van der Waals surface area contributed by atoms with E-state index in [4.69, 9.17) is 5.73 Å². The third-order valence-electron chi connectivity index (χ3n) is 4.21. The molecule has 0 aliphatic carbocycles. The fourth-order valence-electron chi connectivity index (χ4n) is 2.59. The van der Waals surface area contributed by atoms with Gasteiger partial charge in [-0.15, -0.1) is 6.58 Å². The number of primary amides is 1. The fraction of sp³-hybridized carbons (Fsp3) is 0.200. The number of benzene rings is 2. The average molecular weight is 437 g/mol. The third kappa shape index (κ3) is 6.19. The van der Waals surface area contributed by atoms with Gasteiger partial charge in [-0.2, -0.15) is 0 Å². The van der Waals surface area contributed by atoms with Crippen LogP contribution in [-0.4, -0.2) is 33.3 Å². The molecule has 30 heavy (non-hydrogen) atoms. The molecule has 0 aliphatic heterocycles. The molecule has 2 rings (SSSR count). The summed E-state index contributed by atoms with van der Waals surface area (Å²) in [5.74, 6) is -3.60. The van der Waals surface area contributed by atoms with Gasteiger partial charge in [0.2, 0.25) is 15.9 Å². The summed E-state index contributed by atoms with van der Waals surface area (Å²) in [5.41, 5.74) is 5.92. The second kappa shape index (κ2) is 10.1. The number of amides is 2. The zero-order valence-corrected chi connectivity index (χ0v) is 16.7. The van der Waals surface area contributed by atoms with E-state index < -0.39 is 44.3 Å². The molecular formula is C20H21F2N3O4S. The molecule has 1 unspecified atom stereocenters. The number of carbonyl (C=O) groups is 2. The Labute approximate surface area is 173 Å². The molecule has 0 heterocycles. The SMILES string of the molecule is C=CCNS(=O)(=O)c1cc(C(=O)NCC(Cc2ccc(F)cc2)C(N)=O)ccc1F. The summed E-state index contributed by atoms with van der Waals surface area (Å²) in [7, 11) is -4.18. The van der Waals surface area contributed by atoms with Gasteiger partial charge < -0.3 is 11.1 Å². The van der Waals surface area contributed by atoms with Crippen molar-refractivity contribution in [3.05, 3.63) is 77.9 Å². The Bertz CT molecular complexity index is 1040. The van der Waals surface area contributed by atoms with E-state index in [1.54, 1.807) is 0 Å². The Kier molecular flexibility index (Phi) is 7.79. The lowest BCUT2D eigenvalue weighted by Crippen LogP contribution is -2.37. The highest BCUT2D eigenvalue weighted by Gasteiger charge is 2.22. The Morgan fingerprint density at radius 2 is 1.80 bits per heavy atom. The van der Waals surface area contributed by atoms with Crippen molar-refractivity contribution in [1.29, 1.82) is 0 Å². The molecule has 0 fully saturated rings. The molecule has 2 aromatic rings. The summed E-state index contributed by atoms with van der Waals surface area (Å²) in [6.45, 7) is 3.13. The Morgan fingerprint density at radius 1 is 1.13 bits per heavy atom. The molecule has 2 amide bonds. The number of sulfonamides is 1. The molecule has 0 saturated carbocycles. The van der Waals surface area contributed by atoms with Gasteiger partial charge in [-0.25, -0.2) is 21.9 Å². The van der Waals surface area contributed by atoms with Crippen LogP contribution in [0.2, 0.25) is 0 Å². The van der Waals surface area contributed by atoms with Gasteiger partial charge >= 0.3 is 0 Å². The first-order valence-electron chi connectivity index (χ1n) is 8.86. The van der Waals surface area contributed by atoms with Crippen LogP contribution in [0.25, 0.3) is 0 Å². The summed E-state index contributed by atoms with van der Waals surface area (Å²) in [5, 5.41) is 2.49. The summed E-state index contributed by atoms with van der Waals surface area (Å²) >= 11 is 0. The van der Waals surface area contributed by atoms with Crippen LogP contribution >= 0.6 is 0 Å². The highest BCUT2D eigenvalue weighted by atomic mass is 32.2. The van der Waals surface area contributed by atoms with Gasteiger partial charge in [0.15, 0.2) is 0 Å². The number of halogens is 2. The Morgan fingerprint density at radius 3 is 2.40 bits per heavy atom. The van der Waals surface area contributed by atoms with Crippen LogP contribution in [0, 0.1) is 17.6 Å². The Hall–Kier alpha value is -3.11. The second-order valence-electron chi connectivity index (χ2n) is 6.43. The van der Waals surface area contributed by atoms with Crippen LogP contribution in [0.5, 0.6) is 0 Å². The molecule has 160 valence electrons.